The monoisotopic (exact) mass is 473 g/mol. The average Bonchev–Trinajstić information content (AvgIpc) is 3.62. The Morgan fingerprint density at radius 3 is 2.71 bits per heavy atom. The van der Waals surface area contributed by atoms with Gasteiger partial charge in [0.15, 0.2) is 5.65 Å². The van der Waals surface area contributed by atoms with Crippen molar-refractivity contribution in [2.45, 2.75) is 58.0 Å². The van der Waals surface area contributed by atoms with Crippen LogP contribution in [0.5, 0.6) is 0 Å². The minimum absolute atomic E-state index is 0.0664. The van der Waals surface area contributed by atoms with Gasteiger partial charge in [0, 0.05) is 29.9 Å². The summed E-state index contributed by atoms with van der Waals surface area (Å²) in [6.45, 7) is 7.79. The lowest BCUT2D eigenvalue weighted by atomic mass is 9.91. The van der Waals surface area contributed by atoms with Gasteiger partial charge in [-0.1, -0.05) is 26.8 Å². The molecule has 0 saturated heterocycles. The van der Waals surface area contributed by atoms with Crippen molar-refractivity contribution in [1.29, 1.82) is 0 Å². The van der Waals surface area contributed by atoms with E-state index in [4.69, 9.17) is 4.98 Å². The van der Waals surface area contributed by atoms with Gasteiger partial charge in [-0.05, 0) is 55.1 Å². The molecule has 4 heterocycles. The van der Waals surface area contributed by atoms with E-state index in [1.807, 2.05) is 32.9 Å². The lowest BCUT2D eigenvalue weighted by molar-refractivity contribution is 0.513. The molecule has 180 valence electrons. The Labute approximate surface area is 202 Å². The molecule has 1 saturated carbocycles. The van der Waals surface area contributed by atoms with E-state index in [2.05, 4.69) is 32.7 Å². The summed E-state index contributed by atoms with van der Waals surface area (Å²) in [6.07, 6.45) is 4.34. The van der Waals surface area contributed by atoms with Crippen molar-refractivity contribution < 1.29 is 4.39 Å². The lowest BCUT2D eigenvalue weighted by Crippen LogP contribution is -2.23. The number of nitrogens with one attached hydrogen (secondary N) is 2. The van der Waals surface area contributed by atoms with E-state index in [0.29, 0.717) is 28.4 Å². The number of hydrogen-bond acceptors (Lipinski definition) is 6. The van der Waals surface area contributed by atoms with Crippen LogP contribution in [0.15, 0.2) is 41.3 Å². The van der Waals surface area contributed by atoms with Crippen LogP contribution in [0.25, 0.3) is 16.7 Å². The van der Waals surface area contributed by atoms with Crippen LogP contribution >= 0.6 is 0 Å². The fourth-order valence-electron chi connectivity index (χ4n) is 4.63. The maximum absolute atomic E-state index is 14.6. The first kappa shape index (κ1) is 21.9. The van der Waals surface area contributed by atoms with Crippen LogP contribution in [0, 0.1) is 5.95 Å². The number of benzene rings is 1. The molecule has 0 amide bonds. The van der Waals surface area contributed by atoms with Gasteiger partial charge in [-0.25, -0.2) is 19.3 Å². The van der Waals surface area contributed by atoms with Gasteiger partial charge < -0.3 is 10.6 Å². The van der Waals surface area contributed by atoms with Gasteiger partial charge in [-0.3, -0.25) is 4.79 Å². The van der Waals surface area contributed by atoms with Crippen LogP contribution in [-0.4, -0.2) is 30.9 Å². The highest BCUT2D eigenvalue weighted by Gasteiger charge is 2.31. The smallest absolute Gasteiger partial charge is 0.278 e. The minimum Gasteiger partial charge on any atom is -0.324 e. The fourth-order valence-corrected chi connectivity index (χ4v) is 4.63. The third-order valence-corrected chi connectivity index (χ3v) is 6.66. The third kappa shape index (κ3) is 3.99. The molecular formula is C26H28FN7O. The molecule has 0 spiro atoms. The van der Waals surface area contributed by atoms with E-state index < -0.39 is 5.95 Å². The van der Waals surface area contributed by atoms with Crippen molar-refractivity contribution in [2.24, 2.45) is 0 Å². The number of anilines is 2. The maximum Gasteiger partial charge on any atom is 0.278 e. The molecule has 0 atom stereocenters. The Bertz CT molecular complexity index is 1510. The molecular weight excluding hydrogens is 445 g/mol. The second-order valence-electron chi connectivity index (χ2n) is 10.4. The van der Waals surface area contributed by atoms with Crippen LogP contribution < -0.4 is 16.2 Å². The number of fused-ring (bicyclic) bond motifs is 2. The first-order valence-electron chi connectivity index (χ1n) is 12.1. The summed E-state index contributed by atoms with van der Waals surface area (Å²) in [5.74, 6) is -0.196. The summed E-state index contributed by atoms with van der Waals surface area (Å²) in [6, 6.07) is 9.51. The second kappa shape index (κ2) is 7.98. The maximum atomic E-state index is 14.6. The summed E-state index contributed by atoms with van der Waals surface area (Å²) < 4.78 is 18.1. The van der Waals surface area contributed by atoms with Crippen LogP contribution in [0.1, 0.15) is 56.5 Å². The molecule has 2 N–H and O–H groups in total. The molecule has 0 bridgehead atoms. The molecule has 4 aromatic rings. The van der Waals surface area contributed by atoms with Crippen molar-refractivity contribution in [3.63, 3.8) is 0 Å². The van der Waals surface area contributed by atoms with Crippen LogP contribution in [-0.2, 0) is 18.4 Å². The van der Waals surface area contributed by atoms with Crippen LogP contribution in [0.4, 0.5) is 16.0 Å². The molecule has 3 aromatic heterocycles. The predicted octanol–water partition coefficient (Wildman–Crippen LogP) is 4.14. The van der Waals surface area contributed by atoms with Crippen molar-refractivity contribution in [3.8, 4) is 5.69 Å². The van der Waals surface area contributed by atoms with E-state index >= 15 is 0 Å². The Morgan fingerprint density at radius 2 is 1.94 bits per heavy atom. The first-order chi connectivity index (χ1) is 16.8. The zero-order valence-corrected chi connectivity index (χ0v) is 20.1. The van der Waals surface area contributed by atoms with Crippen LogP contribution in [0.3, 0.4) is 0 Å². The van der Waals surface area contributed by atoms with E-state index in [-0.39, 0.29) is 17.0 Å². The van der Waals surface area contributed by atoms with Gasteiger partial charge in [0.05, 0.1) is 17.4 Å². The van der Waals surface area contributed by atoms with Crippen molar-refractivity contribution in [1.82, 2.24) is 29.6 Å². The predicted molar refractivity (Wildman–Crippen MR) is 133 cm³/mol. The molecule has 0 radical (unpaired) electrons. The topological polar surface area (TPSA) is 89.7 Å². The molecule has 9 heteroatoms. The number of hydrogen-bond donors (Lipinski definition) is 2. The summed E-state index contributed by atoms with van der Waals surface area (Å²) in [5, 5.41) is 7.08. The summed E-state index contributed by atoms with van der Waals surface area (Å²) >= 11 is 0. The normalized spacial score (nSPS) is 15.9. The number of halogens is 1. The molecule has 35 heavy (non-hydrogen) atoms. The highest BCUT2D eigenvalue weighted by Crippen LogP contribution is 2.36. The fraction of sp³-hybridized carbons (Fsp3) is 0.385. The molecule has 2 aliphatic rings. The SMILES string of the molecule is CC(C)(C)c1cc(-n2c3nc(Nc4ccc5c(c4)CCNC5)ncc3c(=O)n2C2CC2)cc(F)n1. The largest absolute Gasteiger partial charge is 0.324 e. The molecule has 1 fully saturated rings. The zero-order valence-electron chi connectivity index (χ0n) is 20.1. The zero-order chi connectivity index (χ0) is 24.3. The summed E-state index contributed by atoms with van der Waals surface area (Å²) in [4.78, 5) is 26.6. The Hall–Kier alpha value is -3.59. The number of rotatable bonds is 4. The molecule has 6 rings (SSSR count). The van der Waals surface area contributed by atoms with Crippen molar-refractivity contribution >= 4 is 22.7 Å². The van der Waals surface area contributed by atoms with E-state index in [9.17, 15) is 9.18 Å². The molecule has 8 nitrogen and oxygen atoms in total. The number of pyridine rings is 1. The minimum atomic E-state index is -0.583. The van der Waals surface area contributed by atoms with Gasteiger partial charge in [0.25, 0.3) is 5.56 Å². The van der Waals surface area contributed by atoms with Gasteiger partial charge in [-0.2, -0.15) is 9.37 Å². The Kier molecular flexibility index (Phi) is 5.00. The first-order valence-corrected chi connectivity index (χ1v) is 12.1. The van der Waals surface area contributed by atoms with Crippen molar-refractivity contribution in [3.05, 3.63) is 69.7 Å². The van der Waals surface area contributed by atoms with E-state index in [0.717, 1.165) is 38.0 Å². The Morgan fingerprint density at radius 1 is 1.11 bits per heavy atom. The molecule has 1 aromatic carbocycles. The third-order valence-electron chi connectivity index (χ3n) is 6.66. The second-order valence-corrected chi connectivity index (χ2v) is 10.4. The highest BCUT2D eigenvalue weighted by molar-refractivity contribution is 5.77. The standard InChI is InChI=1S/C26H28FN7O/c1-26(2,3)21-11-19(12-22(27)31-21)33-23-20(24(35)34(33)18-6-7-18)14-29-25(32-23)30-17-5-4-16-13-28-9-8-15(16)10-17/h4-5,10-12,14,18,28H,6-9,13H2,1-3H3,(H,29,30,32). The van der Waals surface area contributed by atoms with E-state index in [1.54, 1.807) is 15.6 Å². The van der Waals surface area contributed by atoms with Gasteiger partial charge in [0.1, 0.15) is 5.39 Å². The highest BCUT2D eigenvalue weighted by atomic mass is 19.1. The molecule has 0 unspecified atom stereocenters. The Balaban J connectivity index is 1.48. The van der Waals surface area contributed by atoms with E-state index in [1.165, 1.54) is 17.2 Å². The van der Waals surface area contributed by atoms with Crippen molar-refractivity contribution in [2.75, 3.05) is 11.9 Å². The van der Waals surface area contributed by atoms with Gasteiger partial charge in [-0.15, -0.1) is 0 Å². The number of aromatic nitrogens is 5. The average molecular weight is 474 g/mol. The lowest BCUT2D eigenvalue weighted by Gasteiger charge is -2.20. The molecule has 1 aliphatic carbocycles. The van der Waals surface area contributed by atoms with Gasteiger partial charge in [0.2, 0.25) is 11.9 Å². The summed E-state index contributed by atoms with van der Waals surface area (Å²) in [7, 11) is 0. The number of nitrogens with zero attached hydrogens (tertiary/aromatic N) is 5. The van der Waals surface area contributed by atoms with Crippen LogP contribution in [0.2, 0.25) is 0 Å². The summed E-state index contributed by atoms with van der Waals surface area (Å²) in [5.41, 5.74) is 4.57. The molecule has 1 aliphatic heterocycles. The van der Waals surface area contributed by atoms with Gasteiger partial charge >= 0.3 is 0 Å². The quantitative estimate of drug-likeness (QED) is 0.433.